The lowest BCUT2D eigenvalue weighted by atomic mass is 10.1. The number of fused-ring (bicyclic) bond motifs is 1. The molecule has 1 aromatic carbocycles. The standard InChI is InChI=1S/C16H13F3N2O/c17-16(18,19)14-6-5-12(9-20-14)15(22)21-13-7-10-3-1-2-4-11(10)8-13/h1-6,9,13H,7-8H2,(H,21,22). The van der Waals surface area contributed by atoms with Gasteiger partial charge in [-0.25, -0.2) is 0 Å². The Morgan fingerprint density at radius 2 is 1.73 bits per heavy atom. The Labute approximate surface area is 125 Å². The molecule has 1 N–H and O–H groups in total. The number of pyridine rings is 1. The largest absolute Gasteiger partial charge is 0.433 e. The fourth-order valence-electron chi connectivity index (χ4n) is 2.63. The second kappa shape index (κ2) is 5.44. The Kier molecular flexibility index (Phi) is 3.60. The molecule has 0 saturated heterocycles. The molecule has 6 heteroatoms. The molecule has 0 bridgehead atoms. The summed E-state index contributed by atoms with van der Waals surface area (Å²) in [6.45, 7) is 0. The Bertz CT molecular complexity index is 670. The van der Waals surface area contributed by atoms with E-state index in [1.165, 1.54) is 11.1 Å². The van der Waals surface area contributed by atoms with E-state index >= 15 is 0 Å². The lowest BCUT2D eigenvalue weighted by Crippen LogP contribution is -2.35. The van der Waals surface area contributed by atoms with E-state index in [2.05, 4.69) is 10.3 Å². The van der Waals surface area contributed by atoms with E-state index < -0.39 is 17.8 Å². The number of amides is 1. The first-order valence-corrected chi connectivity index (χ1v) is 6.84. The topological polar surface area (TPSA) is 42.0 Å². The Morgan fingerprint density at radius 1 is 1.09 bits per heavy atom. The minimum Gasteiger partial charge on any atom is -0.349 e. The van der Waals surface area contributed by atoms with Gasteiger partial charge in [-0.1, -0.05) is 24.3 Å². The lowest BCUT2D eigenvalue weighted by molar-refractivity contribution is -0.141. The highest BCUT2D eigenvalue weighted by Gasteiger charge is 2.32. The van der Waals surface area contributed by atoms with Gasteiger partial charge in [0.1, 0.15) is 5.69 Å². The third-order valence-electron chi connectivity index (χ3n) is 3.70. The van der Waals surface area contributed by atoms with Crippen LogP contribution >= 0.6 is 0 Å². The molecule has 1 aliphatic carbocycles. The van der Waals surface area contributed by atoms with Gasteiger partial charge in [0.05, 0.1) is 5.56 Å². The highest BCUT2D eigenvalue weighted by molar-refractivity contribution is 5.94. The predicted molar refractivity (Wildman–Crippen MR) is 74.3 cm³/mol. The molecule has 2 aromatic rings. The smallest absolute Gasteiger partial charge is 0.349 e. The summed E-state index contributed by atoms with van der Waals surface area (Å²) in [7, 11) is 0. The number of nitrogens with one attached hydrogen (secondary N) is 1. The van der Waals surface area contributed by atoms with E-state index in [0.717, 1.165) is 31.2 Å². The fourth-order valence-corrected chi connectivity index (χ4v) is 2.63. The summed E-state index contributed by atoms with van der Waals surface area (Å²) in [5.74, 6) is -0.404. The first kappa shape index (κ1) is 14.6. The second-order valence-corrected chi connectivity index (χ2v) is 5.28. The van der Waals surface area contributed by atoms with Crippen LogP contribution in [0.15, 0.2) is 42.6 Å². The molecule has 0 atom stereocenters. The van der Waals surface area contributed by atoms with Crippen molar-refractivity contribution in [2.75, 3.05) is 0 Å². The summed E-state index contributed by atoms with van der Waals surface area (Å²) in [6.07, 6.45) is -2.08. The SMILES string of the molecule is O=C(NC1Cc2ccccc2C1)c1ccc(C(F)(F)F)nc1. The van der Waals surface area contributed by atoms with Gasteiger partial charge < -0.3 is 5.32 Å². The Hall–Kier alpha value is -2.37. The van der Waals surface area contributed by atoms with Gasteiger partial charge in [0.15, 0.2) is 0 Å². The molecule has 22 heavy (non-hydrogen) atoms. The van der Waals surface area contributed by atoms with Crippen LogP contribution in [0.25, 0.3) is 0 Å². The van der Waals surface area contributed by atoms with Gasteiger partial charge in [-0.15, -0.1) is 0 Å². The quantitative estimate of drug-likeness (QED) is 0.927. The number of carbonyl (C=O) groups is 1. The summed E-state index contributed by atoms with van der Waals surface area (Å²) in [6, 6.07) is 9.85. The number of alkyl halides is 3. The summed E-state index contributed by atoms with van der Waals surface area (Å²) < 4.78 is 37.3. The maximum absolute atomic E-state index is 12.4. The molecule has 1 aromatic heterocycles. The molecule has 0 radical (unpaired) electrons. The average molecular weight is 306 g/mol. The van der Waals surface area contributed by atoms with Crippen molar-refractivity contribution in [3.8, 4) is 0 Å². The molecule has 0 fully saturated rings. The van der Waals surface area contributed by atoms with Gasteiger partial charge in [-0.05, 0) is 36.1 Å². The second-order valence-electron chi connectivity index (χ2n) is 5.28. The summed E-state index contributed by atoms with van der Waals surface area (Å²) in [5.41, 5.74) is 1.51. The average Bonchev–Trinajstić information content (AvgIpc) is 2.88. The molecule has 0 aliphatic heterocycles. The zero-order valence-electron chi connectivity index (χ0n) is 11.5. The minimum atomic E-state index is -4.50. The summed E-state index contributed by atoms with van der Waals surface area (Å²) in [4.78, 5) is 15.4. The van der Waals surface area contributed by atoms with Gasteiger partial charge in [-0.3, -0.25) is 9.78 Å². The Balaban J connectivity index is 1.66. The van der Waals surface area contributed by atoms with Crippen LogP contribution in [0.1, 0.15) is 27.2 Å². The number of hydrogen-bond acceptors (Lipinski definition) is 2. The van der Waals surface area contributed by atoms with Gasteiger partial charge >= 0.3 is 6.18 Å². The zero-order valence-corrected chi connectivity index (χ0v) is 11.5. The van der Waals surface area contributed by atoms with Crippen LogP contribution in [0.5, 0.6) is 0 Å². The van der Waals surface area contributed by atoms with Crippen LogP contribution in [-0.2, 0) is 19.0 Å². The number of nitrogens with zero attached hydrogens (tertiary/aromatic N) is 1. The molecular weight excluding hydrogens is 293 g/mol. The van der Waals surface area contributed by atoms with E-state index in [0.29, 0.717) is 0 Å². The summed E-state index contributed by atoms with van der Waals surface area (Å²) >= 11 is 0. The van der Waals surface area contributed by atoms with Crippen molar-refractivity contribution in [1.82, 2.24) is 10.3 Å². The highest BCUT2D eigenvalue weighted by atomic mass is 19.4. The molecule has 0 unspecified atom stereocenters. The van der Waals surface area contributed by atoms with Crippen molar-refractivity contribution in [3.05, 3.63) is 65.0 Å². The number of carbonyl (C=O) groups excluding carboxylic acids is 1. The molecule has 3 rings (SSSR count). The van der Waals surface area contributed by atoms with Crippen molar-refractivity contribution < 1.29 is 18.0 Å². The van der Waals surface area contributed by atoms with Crippen molar-refractivity contribution in [1.29, 1.82) is 0 Å². The Morgan fingerprint density at radius 3 is 2.23 bits per heavy atom. The first-order valence-electron chi connectivity index (χ1n) is 6.84. The van der Waals surface area contributed by atoms with Gasteiger partial charge in [0.2, 0.25) is 0 Å². The molecule has 0 spiro atoms. The van der Waals surface area contributed by atoms with Crippen molar-refractivity contribution in [2.45, 2.75) is 25.1 Å². The van der Waals surface area contributed by atoms with Crippen LogP contribution in [0.3, 0.4) is 0 Å². The van der Waals surface area contributed by atoms with E-state index in [-0.39, 0.29) is 11.6 Å². The van der Waals surface area contributed by atoms with E-state index in [1.807, 2.05) is 24.3 Å². The minimum absolute atomic E-state index is 0.0350. The molecule has 114 valence electrons. The highest BCUT2D eigenvalue weighted by Crippen LogP contribution is 2.27. The van der Waals surface area contributed by atoms with Crippen molar-refractivity contribution in [2.24, 2.45) is 0 Å². The predicted octanol–water partition coefficient (Wildman–Crippen LogP) is 3.00. The number of rotatable bonds is 2. The maximum atomic E-state index is 12.4. The number of benzene rings is 1. The third kappa shape index (κ3) is 2.95. The summed E-state index contributed by atoms with van der Waals surface area (Å²) in [5, 5.41) is 2.84. The lowest BCUT2D eigenvalue weighted by Gasteiger charge is -2.12. The van der Waals surface area contributed by atoms with E-state index in [4.69, 9.17) is 0 Å². The normalized spacial score (nSPS) is 14.7. The molecule has 0 saturated carbocycles. The van der Waals surface area contributed by atoms with Crippen molar-refractivity contribution in [3.63, 3.8) is 0 Å². The van der Waals surface area contributed by atoms with Crippen molar-refractivity contribution >= 4 is 5.91 Å². The monoisotopic (exact) mass is 306 g/mol. The maximum Gasteiger partial charge on any atom is 0.433 e. The first-order chi connectivity index (χ1) is 10.4. The molecular formula is C16H13F3N2O. The van der Waals surface area contributed by atoms with Crippen LogP contribution in [0.4, 0.5) is 13.2 Å². The van der Waals surface area contributed by atoms with E-state index in [1.54, 1.807) is 0 Å². The zero-order chi connectivity index (χ0) is 15.7. The van der Waals surface area contributed by atoms with Crippen LogP contribution in [0, 0.1) is 0 Å². The number of aromatic nitrogens is 1. The molecule has 3 nitrogen and oxygen atoms in total. The van der Waals surface area contributed by atoms with Gasteiger partial charge in [0, 0.05) is 12.2 Å². The van der Waals surface area contributed by atoms with Crippen LogP contribution < -0.4 is 5.32 Å². The number of hydrogen-bond donors (Lipinski definition) is 1. The van der Waals surface area contributed by atoms with Crippen LogP contribution in [0.2, 0.25) is 0 Å². The molecule has 1 heterocycles. The van der Waals surface area contributed by atoms with E-state index in [9.17, 15) is 18.0 Å². The molecule has 1 aliphatic rings. The molecule has 1 amide bonds. The van der Waals surface area contributed by atoms with Crippen LogP contribution in [-0.4, -0.2) is 16.9 Å². The number of halogens is 3. The third-order valence-corrected chi connectivity index (χ3v) is 3.70. The van der Waals surface area contributed by atoms with Gasteiger partial charge in [0.25, 0.3) is 5.91 Å². The fraction of sp³-hybridized carbons (Fsp3) is 0.250. The van der Waals surface area contributed by atoms with Gasteiger partial charge in [-0.2, -0.15) is 13.2 Å².